The summed E-state index contributed by atoms with van der Waals surface area (Å²) in [6.45, 7) is 0.983. The Morgan fingerprint density at radius 2 is 2.14 bits per heavy atom. The van der Waals surface area contributed by atoms with Crippen LogP contribution in [0.15, 0.2) is 24.3 Å². The maximum Gasteiger partial charge on any atom is 0.322 e. The number of rotatable bonds is 7. The van der Waals surface area contributed by atoms with E-state index in [-0.39, 0.29) is 25.0 Å². The Morgan fingerprint density at radius 1 is 1.38 bits per heavy atom. The minimum atomic E-state index is -0.885. The zero-order valence-corrected chi connectivity index (χ0v) is 12.1. The topological polar surface area (TPSA) is 81.7 Å². The summed E-state index contributed by atoms with van der Waals surface area (Å²) in [5.41, 5.74) is 1.81. The number of hydrogen-bond acceptors (Lipinski definition) is 3. The van der Waals surface area contributed by atoms with Crippen molar-refractivity contribution in [2.45, 2.75) is 31.8 Å². The predicted octanol–water partition coefficient (Wildman–Crippen LogP) is 1.88. The number of amides is 2. The first-order valence-electron chi connectivity index (χ1n) is 7.13. The summed E-state index contributed by atoms with van der Waals surface area (Å²) in [7, 11) is 1.87. The van der Waals surface area contributed by atoms with Gasteiger partial charge in [0, 0.05) is 24.8 Å². The quantitative estimate of drug-likeness (QED) is 0.716. The number of aliphatic carboxylic acids is 1. The summed E-state index contributed by atoms with van der Waals surface area (Å²) in [4.78, 5) is 24.6. The predicted molar refractivity (Wildman–Crippen MR) is 80.2 cm³/mol. The number of carbonyl (C=O) groups is 2. The van der Waals surface area contributed by atoms with Crippen molar-refractivity contribution in [1.29, 1.82) is 0 Å². The Morgan fingerprint density at radius 3 is 2.76 bits per heavy atom. The average Bonchev–Trinajstić information content (AvgIpc) is 3.24. The molecule has 0 saturated heterocycles. The summed E-state index contributed by atoms with van der Waals surface area (Å²) in [5.74, 6) is -0.885. The lowest BCUT2D eigenvalue weighted by atomic mass is 10.2. The SMILES string of the molecule is CNCc1cccc(NC(=O)N(CCC(=O)O)C2CC2)c1. The number of hydrogen-bond donors (Lipinski definition) is 3. The fourth-order valence-corrected chi connectivity index (χ4v) is 2.21. The third-order valence-corrected chi connectivity index (χ3v) is 3.37. The van der Waals surface area contributed by atoms with Crippen LogP contribution in [-0.2, 0) is 11.3 Å². The summed E-state index contributed by atoms with van der Waals surface area (Å²) in [5, 5.41) is 14.7. The molecule has 3 N–H and O–H groups in total. The molecule has 6 nitrogen and oxygen atoms in total. The zero-order chi connectivity index (χ0) is 15.2. The number of carboxylic acid groups (broad SMARTS) is 1. The van der Waals surface area contributed by atoms with Gasteiger partial charge in [0.2, 0.25) is 0 Å². The molecule has 21 heavy (non-hydrogen) atoms. The van der Waals surface area contributed by atoms with Crippen LogP contribution < -0.4 is 10.6 Å². The second-order valence-electron chi connectivity index (χ2n) is 5.23. The maximum atomic E-state index is 12.3. The third-order valence-electron chi connectivity index (χ3n) is 3.37. The fraction of sp³-hybridized carbons (Fsp3) is 0.467. The van der Waals surface area contributed by atoms with E-state index in [2.05, 4.69) is 10.6 Å². The van der Waals surface area contributed by atoms with Crippen LogP contribution in [0.5, 0.6) is 0 Å². The Bertz CT molecular complexity index is 515. The third kappa shape index (κ3) is 4.75. The highest BCUT2D eigenvalue weighted by Gasteiger charge is 2.32. The number of anilines is 1. The standard InChI is InChI=1S/C15H21N3O3/c1-16-10-11-3-2-4-12(9-11)17-15(21)18(13-5-6-13)8-7-14(19)20/h2-4,9,13,16H,5-8,10H2,1H3,(H,17,21)(H,19,20). The molecule has 0 aromatic heterocycles. The van der Waals surface area contributed by atoms with Crippen molar-refractivity contribution in [3.8, 4) is 0 Å². The van der Waals surface area contributed by atoms with E-state index in [0.29, 0.717) is 0 Å². The molecule has 1 aliphatic carbocycles. The molecule has 0 spiro atoms. The normalized spacial score (nSPS) is 13.8. The molecule has 1 aliphatic rings. The van der Waals surface area contributed by atoms with E-state index in [4.69, 9.17) is 5.11 Å². The van der Waals surface area contributed by atoms with Gasteiger partial charge in [0.05, 0.1) is 6.42 Å². The fourth-order valence-electron chi connectivity index (χ4n) is 2.21. The van der Waals surface area contributed by atoms with E-state index in [9.17, 15) is 9.59 Å². The molecule has 0 radical (unpaired) electrons. The molecule has 0 bridgehead atoms. The van der Waals surface area contributed by atoms with Gasteiger partial charge in [-0.05, 0) is 37.6 Å². The van der Waals surface area contributed by atoms with Crippen LogP contribution in [0.4, 0.5) is 10.5 Å². The highest BCUT2D eigenvalue weighted by atomic mass is 16.4. The molecular weight excluding hydrogens is 270 g/mol. The first-order valence-corrected chi connectivity index (χ1v) is 7.13. The number of nitrogens with one attached hydrogen (secondary N) is 2. The second-order valence-corrected chi connectivity index (χ2v) is 5.23. The first-order chi connectivity index (χ1) is 10.1. The molecule has 0 atom stereocenters. The van der Waals surface area contributed by atoms with Gasteiger partial charge in [0.15, 0.2) is 0 Å². The van der Waals surface area contributed by atoms with Crippen LogP contribution in [0.2, 0.25) is 0 Å². The van der Waals surface area contributed by atoms with Gasteiger partial charge in [-0.1, -0.05) is 12.1 Å². The molecule has 0 unspecified atom stereocenters. The van der Waals surface area contributed by atoms with Crippen molar-refractivity contribution in [2.75, 3.05) is 18.9 Å². The van der Waals surface area contributed by atoms with E-state index in [1.165, 1.54) is 0 Å². The smallest absolute Gasteiger partial charge is 0.322 e. The van der Waals surface area contributed by atoms with Gasteiger partial charge >= 0.3 is 12.0 Å². The largest absolute Gasteiger partial charge is 0.481 e. The lowest BCUT2D eigenvalue weighted by Gasteiger charge is -2.22. The van der Waals surface area contributed by atoms with Crippen LogP contribution >= 0.6 is 0 Å². The van der Waals surface area contributed by atoms with Crippen LogP contribution in [0, 0.1) is 0 Å². The zero-order valence-electron chi connectivity index (χ0n) is 12.1. The highest BCUT2D eigenvalue weighted by molar-refractivity contribution is 5.90. The summed E-state index contributed by atoms with van der Waals surface area (Å²) < 4.78 is 0. The van der Waals surface area contributed by atoms with Crippen LogP contribution in [0.1, 0.15) is 24.8 Å². The van der Waals surface area contributed by atoms with Crippen molar-refractivity contribution in [3.05, 3.63) is 29.8 Å². The van der Waals surface area contributed by atoms with Crippen molar-refractivity contribution < 1.29 is 14.7 Å². The number of urea groups is 1. The molecule has 1 aromatic rings. The Hall–Kier alpha value is -2.08. The molecule has 1 aromatic carbocycles. The van der Waals surface area contributed by atoms with Gasteiger partial charge in [0.25, 0.3) is 0 Å². The van der Waals surface area contributed by atoms with E-state index < -0.39 is 5.97 Å². The number of carbonyl (C=O) groups excluding carboxylic acids is 1. The minimum Gasteiger partial charge on any atom is -0.481 e. The average molecular weight is 291 g/mol. The van der Waals surface area contributed by atoms with E-state index in [0.717, 1.165) is 30.6 Å². The van der Waals surface area contributed by atoms with Crippen molar-refractivity contribution in [1.82, 2.24) is 10.2 Å². The summed E-state index contributed by atoms with van der Waals surface area (Å²) >= 11 is 0. The van der Waals surface area contributed by atoms with Crippen molar-refractivity contribution >= 4 is 17.7 Å². The minimum absolute atomic E-state index is 0.0241. The van der Waals surface area contributed by atoms with Crippen LogP contribution in [-0.4, -0.2) is 41.6 Å². The van der Waals surface area contributed by atoms with Crippen LogP contribution in [0.3, 0.4) is 0 Å². The number of carboxylic acids is 1. The summed E-state index contributed by atoms with van der Waals surface area (Å²) in [6, 6.07) is 7.58. The maximum absolute atomic E-state index is 12.3. The lowest BCUT2D eigenvalue weighted by Crippen LogP contribution is -2.38. The lowest BCUT2D eigenvalue weighted by molar-refractivity contribution is -0.137. The van der Waals surface area contributed by atoms with Crippen molar-refractivity contribution in [2.24, 2.45) is 0 Å². The van der Waals surface area contributed by atoms with Gasteiger partial charge in [0.1, 0.15) is 0 Å². The summed E-state index contributed by atoms with van der Waals surface area (Å²) in [6.07, 6.45) is 1.88. The Labute approximate surface area is 124 Å². The molecule has 1 saturated carbocycles. The van der Waals surface area contributed by atoms with E-state index >= 15 is 0 Å². The molecule has 114 valence electrons. The molecule has 0 heterocycles. The number of nitrogens with zero attached hydrogens (tertiary/aromatic N) is 1. The Kier molecular flexibility index (Phi) is 5.16. The molecule has 1 fully saturated rings. The molecular formula is C15H21N3O3. The molecule has 0 aliphatic heterocycles. The van der Waals surface area contributed by atoms with Gasteiger partial charge in [-0.15, -0.1) is 0 Å². The van der Waals surface area contributed by atoms with E-state index in [1.807, 2.05) is 31.3 Å². The van der Waals surface area contributed by atoms with Gasteiger partial charge in [-0.3, -0.25) is 4.79 Å². The second kappa shape index (κ2) is 7.08. The molecule has 2 rings (SSSR count). The molecule has 2 amide bonds. The number of benzene rings is 1. The Balaban J connectivity index is 1.97. The monoisotopic (exact) mass is 291 g/mol. The van der Waals surface area contributed by atoms with Gasteiger partial charge < -0.3 is 20.6 Å². The van der Waals surface area contributed by atoms with Crippen molar-refractivity contribution in [3.63, 3.8) is 0 Å². The van der Waals surface area contributed by atoms with E-state index in [1.54, 1.807) is 4.90 Å². The van der Waals surface area contributed by atoms with Gasteiger partial charge in [-0.25, -0.2) is 4.79 Å². The van der Waals surface area contributed by atoms with Crippen LogP contribution in [0.25, 0.3) is 0 Å². The highest BCUT2D eigenvalue weighted by Crippen LogP contribution is 2.27. The molecule has 6 heteroatoms. The van der Waals surface area contributed by atoms with Gasteiger partial charge in [-0.2, -0.15) is 0 Å². The first kappa shape index (κ1) is 15.3.